The van der Waals surface area contributed by atoms with Gasteiger partial charge in [0, 0.05) is 11.8 Å². The Morgan fingerprint density at radius 2 is 2.10 bits per heavy atom. The molecule has 0 bridgehead atoms. The molecule has 0 aliphatic carbocycles. The molecular formula is C13H9Cl2N3O2. The van der Waals surface area contributed by atoms with E-state index in [-0.39, 0.29) is 16.5 Å². The fourth-order valence-electron chi connectivity index (χ4n) is 1.39. The van der Waals surface area contributed by atoms with Crippen molar-refractivity contribution < 1.29 is 9.90 Å². The monoisotopic (exact) mass is 309 g/mol. The Morgan fingerprint density at radius 1 is 1.35 bits per heavy atom. The number of hydrazone groups is 1. The molecule has 0 radical (unpaired) electrons. The summed E-state index contributed by atoms with van der Waals surface area (Å²) in [4.78, 5) is 15.6. The predicted octanol–water partition coefficient (Wildman–Crippen LogP) is 2.86. The Balaban J connectivity index is 2.07. The molecule has 20 heavy (non-hydrogen) atoms. The summed E-state index contributed by atoms with van der Waals surface area (Å²) < 4.78 is 0. The lowest BCUT2D eigenvalue weighted by atomic mass is 10.2. The molecule has 0 unspecified atom stereocenters. The molecule has 2 N–H and O–H groups in total. The molecule has 1 aromatic carbocycles. The third kappa shape index (κ3) is 3.46. The minimum atomic E-state index is -0.571. The van der Waals surface area contributed by atoms with Crippen LogP contribution < -0.4 is 5.43 Å². The number of benzene rings is 1. The smallest absolute Gasteiger partial charge is 0.291 e. The van der Waals surface area contributed by atoms with Crippen LogP contribution >= 0.6 is 23.2 Å². The number of nitrogens with one attached hydrogen (secondary N) is 1. The van der Waals surface area contributed by atoms with E-state index >= 15 is 0 Å². The van der Waals surface area contributed by atoms with Crippen molar-refractivity contribution in [3.63, 3.8) is 0 Å². The summed E-state index contributed by atoms with van der Waals surface area (Å²) in [5.41, 5.74) is 2.76. The molecule has 0 saturated carbocycles. The topological polar surface area (TPSA) is 74.6 Å². The average Bonchev–Trinajstić information content (AvgIpc) is 2.40. The first kappa shape index (κ1) is 14.3. The number of nitrogens with zero attached hydrogens (tertiary/aromatic N) is 2. The molecule has 7 heteroatoms. The van der Waals surface area contributed by atoms with E-state index in [4.69, 9.17) is 23.2 Å². The second-order valence-corrected chi connectivity index (χ2v) is 4.59. The number of rotatable bonds is 3. The molecule has 0 aliphatic rings. The summed E-state index contributed by atoms with van der Waals surface area (Å²) in [5.74, 6) is -0.508. The summed E-state index contributed by atoms with van der Waals surface area (Å²) >= 11 is 11.5. The van der Waals surface area contributed by atoms with E-state index in [1.807, 2.05) is 0 Å². The Kier molecular flexibility index (Phi) is 4.55. The summed E-state index contributed by atoms with van der Waals surface area (Å²) in [6.45, 7) is 0. The Hall–Kier alpha value is -2.11. The number of phenols is 1. The molecule has 1 amide bonds. The van der Waals surface area contributed by atoms with Crippen molar-refractivity contribution in [2.75, 3.05) is 0 Å². The molecule has 1 heterocycles. The summed E-state index contributed by atoms with van der Waals surface area (Å²) in [6, 6.07) is 8.00. The van der Waals surface area contributed by atoms with E-state index in [2.05, 4.69) is 15.5 Å². The standard InChI is InChI=1S/C13H9Cl2N3O2/c14-9-5-10(15)12(16-7-9)13(20)18-17-6-8-3-1-2-4-11(8)19/h1-7,19H,(H,18,20)/b17-6+. The molecular weight excluding hydrogens is 301 g/mol. The van der Waals surface area contributed by atoms with Gasteiger partial charge in [-0.3, -0.25) is 4.79 Å². The largest absolute Gasteiger partial charge is 0.507 e. The minimum absolute atomic E-state index is 0.0190. The van der Waals surface area contributed by atoms with Crippen LogP contribution in [-0.2, 0) is 0 Å². The summed E-state index contributed by atoms with van der Waals surface area (Å²) in [6.07, 6.45) is 2.63. The van der Waals surface area contributed by atoms with Gasteiger partial charge in [-0.1, -0.05) is 35.3 Å². The van der Waals surface area contributed by atoms with Crippen LogP contribution in [0.3, 0.4) is 0 Å². The van der Waals surface area contributed by atoms with Gasteiger partial charge in [0.05, 0.1) is 16.3 Å². The Morgan fingerprint density at radius 3 is 2.80 bits per heavy atom. The number of carbonyl (C=O) groups is 1. The number of aromatic nitrogens is 1. The van der Waals surface area contributed by atoms with Crippen molar-refractivity contribution in [3.05, 3.63) is 57.8 Å². The van der Waals surface area contributed by atoms with Crippen molar-refractivity contribution in [2.45, 2.75) is 0 Å². The van der Waals surface area contributed by atoms with Crippen LogP contribution in [-0.4, -0.2) is 22.2 Å². The van der Waals surface area contributed by atoms with Gasteiger partial charge in [0.1, 0.15) is 11.4 Å². The van der Waals surface area contributed by atoms with Crippen LogP contribution in [0.1, 0.15) is 16.1 Å². The Bertz CT molecular complexity index is 674. The van der Waals surface area contributed by atoms with Crippen molar-refractivity contribution in [3.8, 4) is 5.75 Å². The minimum Gasteiger partial charge on any atom is -0.507 e. The average molecular weight is 310 g/mol. The van der Waals surface area contributed by atoms with Crippen LogP contribution in [0, 0.1) is 0 Å². The number of amides is 1. The quantitative estimate of drug-likeness (QED) is 0.676. The highest BCUT2D eigenvalue weighted by atomic mass is 35.5. The number of aromatic hydroxyl groups is 1. The molecule has 102 valence electrons. The number of carbonyl (C=O) groups excluding carboxylic acids is 1. The summed E-state index contributed by atoms with van der Waals surface area (Å²) in [5, 5.41) is 13.7. The van der Waals surface area contributed by atoms with Gasteiger partial charge in [0.15, 0.2) is 0 Å². The maximum Gasteiger partial charge on any atom is 0.291 e. The fourth-order valence-corrected chi connectivity index (χ4v) is 1.86. The maximum absolute atomic E-state index is 11.8. The number of hydrogen-bond acceptors (Lipinski definition) is 4. The van der Waals surface area contributed by atoms with Crippen molar-refractivity contribution >= 4 is 35.3 Å². The third-order valence-corrected chi connectivity index (χ3v) is 2.82. The first-order valence-corrected chi connectivity index (χ1v) is 6.26. The van der Waals surface area contributed by atoms with Crippen molar-refractivity contribution in [1.29, 1.82) is 0 Å². The number of pyridine rings is 1. The molecule has 0 fully saturated rings. The number of halogens is 2. The van der Waals surface area contributed by atoms with E-state index < -0.39 is 5.91 Å². The zero-order valence-electron chi connectivity index (χ0n) is 10.0. The van der Waals surface area contributed by atoms with Gasteiger partial charge in [-0.25, -0.2) is 10.4 Å². The molecule has 2 rings (SSSR count). The lowest BCUT2D eigenvalue weighted by Crippen LogP contribution is -2.19. The number of phenolic OH excluding ortho intramolecular Hbond substituents is 1. The number of hydrogen-bond donors (Lipinski definition) is 2. The normalized spacial score (nSPS) is 10.7. The molecule has 0 saturated heterocycles. The fraction of sp³-hybridized carbons (Fsp3) is 0. The van der Waals surface area contributed by atoms with Gasteiger partial charge < -0.3 is 5.11 Å². The zero-order chi connectivity index (χ0) is 14.5. The highest BCUT2D eigenvalue weighted by molar-refractivity contribution is 6.36. The van der Waals surface area contributed by atoms with Crippen molar-refractivity contribution in [2.24, 2.45) is 5.10 Å². The lowest BCUT2D eigenvalue weighted by molar-refractivity contribution is 0.0950. The zero-order valence-corrected chi connectivity index (χ0v) is 11.6. The van der Waals surface area contributed by atoms with Gasteiger partial charge in [0.2, 0.25) is 0 Å². The molecule has 2 aromatic rings. The molecule has 0 aliphatic heterocycles. The van der Waals surface area contributed by atoms with Crippen LogP contribution in [0.2, 0.25) is 10.0 Å². The van der Waals surface area contributed by atoms with Crippen LogP contribution in [0.4, 0.5) is 0 Å². The van der Waals surface area contributed by atoms with E-state index in [1.54, 1.807) is 18.2 Å². The second kappa shape index (κ2) is 6.36. The highest BCUT2D eigenvalue weighted by Crippen LogP contribution is 2.18. The van der Waals surface area contributed by atoms with E-state index in [0.717, 1.165) is 0 Å². The van der Waals surface area contributed by atoms with E-state index in [9.17, 15) is 9.90 Å². The van der Waals surface area contributed by atoms with Gasteiger partial charge in [-0.15, -0.1) is 0 Å². The third-order valence-electron chi connectivity index (χ3n) is 2.33. The van der Waals surface area contributed by atoms with Gasteiger partial charge in [-0.2, -0.15) is 5.10 Å². The highest BCUT2D eigenvalue weighted by Gasteiger charge is 2.11. The first-order chi connectivity index (χ1) is 9.58. The number of para-hydroxylation sites is 1. The second-order valence-electron chi connectivity index (χ2n) is 3.74. The van der Waals surface area contributed by atoms with Crippen LogP contribution in [0.5, 0.6) is 5.75 Å². The molecule has 0 atom stereocenters. The predicted molar refractivity (Wildman–Crippen MR) is 77.4 cm³/mol. The van der Waals surface area contributed by atoms with E-state index in [1.165, 1.54) is 24.5 Å². The SMILES string of the molecule is O=C(N/N=C/c1ccccc1O)c1ncc(Cl)cc1Cl. The molecule has 5 nitrogen and oxygen atoms in total. The Labute approximate surface area is 124 Å². The van der Waals surface area contributed by atoms with Gasteiger partial charge in [-0.05, 0) is 18.2 Å². The lowest BCUT2D eigenvalue weighted by Gasteiger charge is -2.02. The van der Waals surface area contributed by atoms with Crippen molar-refractivity contribution in [1.82, 2.24) is 10.4 Å². The maximum atomic E-state index is 11.8. The van der Waals surface area contributed by atoms with E-state index in [0.29, 0.717) is 10.6 Å². The van der Waals surface area contributed by atoms with Crippen LogP contribution in [0.15, 0.2) is 41.6 Å². The molecule has 0 spiro atoms. The van der Waals surface area contributed by atoms with Gasteiger partial charge >= 0.3 is 0 Å². The van der Waals surface area contributed by atoms with Gasteiger partial charge in [0.25, 0.3) is 5.91 Å². The first-order valence-electron chi connectivity index (χ1n) is 5.50. The van der Waals surface area contributed by atoms with Crippen LogP contribution in [0.25, 0.3) is 0 Å². The summed E-state index contributed by atoms with van der Waals surface area (Å²) in [7, 11) is 0. The molecule has 1 aromatic heterocycles.